The Balaban J connectivity index is 1.73. The van der Waals surface area contributed by atoms with Gasteiger partial charge in [0.05, 0.1) is 11.6 Å². The van der Waals surface area contributed by atoms with Gasteiger partial charge in [0.2, 0.25) is 0 Å². The first-order valence-corrected chi connectivity index (χ1v) is 7.00. The summed E-state index contributed by atoms with van der Waals surface area (Å²) in [5.74, 6) is 0.405. The zero-order valence-corrected chi connectivity index (χ0v) is 12.2. The predicted molar refractivity (Wildman–Crippen MR) is 79.7 cm³/mol. The number of hydrogen-bond acceptors (Lipinski definition) is 3. The minimum absolute atomic E-state index is 0.0205. The molecule has 21 heavy (non-hydrogen) atoms. The number of nitrogens with one attached hydrogen (secondary N) is 1. The van der Waals surface area contributed by atoms with Crippen molar-refractivity contribution in [2.45, 2.75) is 19.5 Å². The van der Waals surface area contributed by atoms with Crippen molar-refractivity contribution in [3.8, 4) is 0 Å². The monoisotopic (exact) mass is 304 g/mol. The lowest BCUT2D eigenvalue weighted by Crippen LogP contribution is -2.19. The Bertz CT molecular complexity index is 771. The molecule has 0 saturated heterocycles. The van der Waals surface area contributed by atoms with Crippen LogP contribution in [0.15, 0.2) is 42.6 Å². The number of nitrogens with zero attached hydrogens (tertiary/aromatic N) is 3. The Morgan fingerprint density at radius 2 is 2.14 bits per heavy atom. The van der Waals surface area contributed by atoms with E-state index in [9.17, 15) is 4.39 Å². The zero-order chi connectivity index (χ0) is 14.8. The number of pyridine rings is 1. The third-order valence-corrected chi connectivity index (χ3v) is 3.70. The van der Waals surface area contributed by atoms with Crippen LogP contribution in [0.2, 0.25) is 5.02 Å². The van der Waals surface area contributed by atoms with Gasteiger partial charge in [0.25, 0.3) is 0 Å². The van der Waals surface area contributed by atoms with E-state index in [2.05, 4.69) is 15.5 Å². The highest BCUT2D eigenvalue weighted by Crippen LogP contribution is 2.20. The largest absolute Gasteiger partial charge is 0.303 e. The van der Waals surface area contributed by atoms with Crippen LogP contribution in [0.3, 0.4) is 0 Å². The molecule has 0 saturated carbocycles. The molecule has 6 heteroatoms. The van der Waals surface area contributed by atoms with Gasteiger partial charge in [-0.1, -0.05) is 23.7 Å². The first kappa shape index (κ1) is 14.0. The van der Waals surface area contributed by atoms with Crippen LogP contribution >= 0.6 is 11.6 Å². The van der Waals surface area contributed by atoms with Crippen LogP contribution < -0.4 is 5.32 Å². The van der Waals surface area contributed by atoms with Crippen LogP contribution in [0.25, 0.3) is 5.65 Å². The highest BCUT2D eigenvalue weighted by atomic mass is 35.5. The van der Waals surface area contributed by atoms with E-state index in [1.165, 1.54) is 6.07 Å². The number of hydrogen-bond donors (Lipinski definition) is 1. The molecule has 4 nitrogen and oxygen atoms in total. The van der Waals surface area contributed by atoms with Gasteiger partial charge in [-0.25, -0.2) is 4.39 Å². The van der Waals surface area contributed by atoms with Gasteiger partial charge >= 0.3 is 0 Å². The van der Waals surface area contributed by atoms with Gasteiger partial charge < -0.3 is 5.32 Å². The molecular formula is C15H14ClFN4. The number of fused-ring (bicyclic) bond motifs is 1. The van der Waals surface area contributed by atoms with E-state index in [0.717, 1.165) is 17.0 Å². The Labute approximate surface area is 126 Å². The van der Waals surface area contributed by atoms with Gasteiger partial charge in [0.1, 0.15) is 5.82 Å². The van der Waals surface area contributed by atoms with Crippen molar-refractivity contribution in [1.82, 2.24) is 19.9 Å². The Hall–Kier alpha value is -1.98. The first-order chi connectivity index (χ1) is 10.1. The molecule has 0 aliphatic carbocycles. The van der Waals surface area contributed by atoms with Crippen LogP contribution in [-0.2, 0) is 6.54 Å². The smallest absolute Gasteiger partial charge is 0.160 e. The number of rotatable bonds is 4. The SMILES string of the molecule is CC(NCc1nnc2ccccn12)c1ccc(Cl)c(F)c1. The van der Waals surface area contributed by atoms with E-state index in [-0.39, 0.29) is 11.1 Å². The van der Waals surface area contributed by atoms with Gasteiger partial charge in [-0.2, -0.15) is 0 Å². The van der Waals surface area contributed by atoms with Gasteiger partial charge in [-0.05, 0) is 36.8 Å². The molecule has 0 bridgehead atoms. The van der Waals surface area contributed by atoms with Crippen LogP contribution in [0.1, 0.15) is 24.4 Å². The van der Waals surface area contributed by atoms with Crippen LogP contribution in [0.5, 0.6) is 0 Å². The topological polar surface area (TPSA) is 42.2 Å². The van der Waals surface area contributed by atoms with Crippen molar-refractivity contribution in [3.63, 3.8) is 0 Å². The minimum Gasteiger partial charge on any atom is -0.303 e. The van der Waals surface area contributed by atoms with Crippen LogP contribution in [-0.4, -0.2) is 14.6 Å². The van der Waals surface area contributed by atoms with Crippen LogP contribution in [0.4, 0.5) is 4.39 Å². The van der Waals surface area contributed by atoms with Crippen molar-refractivity contribution in [2.75, 3.05) is 0 Å². The summed E-state index contributed by atoms with van der Waals surface area (Å²) in [5, 5.41) is 11.7. The summed E-state index contributed by atoms with van der Waals surface area (Å²) in [4.78, 5) is 0. The van der Waals surface area contributed by atoms with Gasteiger partial charge in [0, 0.05) is 12.2 Å². The van der Waals surface area contributed by atoms with E-state index < -0.39 is 5.82 Å². The van der Waals surface area contributed by atoms with Crippen molar-refractivity contribution in [3.05, 3.63) is 64.8 Å². The number of aromatic nitrogens is 3. The third-order valence-electron chi connectivity index (χ3n) is 3.39. The molecule has 0 radical (unpaired) electrons. The van der Waals surface area contributed by atoms with E-state index in [4.69, 9.17) is 11.6 Å². The molecule has 1 atom stereocenters. The molecule has 0 aliphatic rings. The summed E-state index contributed by atoms with van der Waals surface area (Å²) >= 11 is 5.69. The molecule has 3 aromatic rings. The molecule has 0 spiro atoms. The van der Waals surface area contributed by atoms with Gasteiger partial charge in [0.15, 0.2) is 11.5 Å². The molecule has 2 aromatic heterocycles. The molecular weight excluding hydrogens is 291 g/mol. The Morgan fingerprint density at radius 1 is 1.29 bits per heavy atom. The number of halogens is 2. The summed E-state index contributed by atoms with van der Waals surface area (Å²) in [6.45, 7) is 2.50. The summed E-state index contributed by atoms with van der Waals surface area (Å²) in [6.07, 6.45) is 1.92. The maximum absolute atomic E-state index is 13.5. The molecule has 2 heterocycles. The normalized spacial score (nSPS) is 12.7. The van der Waals surface area contributed by atoms with Crippen molar-refractivity contribution in [2.24, 2.45) is 0 Å². The van der Waals surface area contributed by atoms with Crippen molar-refractivity contribution < 1.29 is 4.39 Å². The second-order valence-corrected chi connectivity index (χ2v) is 5.23. The first-order valence-electron chi connectivity index (χ1n) is 6.62. The van der Waals surface area contributed by atoms with Gasteiger partial charge in [-0.3, -0.25) is 4.40 Å². The maximum atomic E-state index is 13.5. The lowest BCUT2D eigenvalue weighted by molar-refractivity contribution is 0.550. The highest BCUT2D eigenvalue weighted by molar-refractivity contribution is 6.30. The quantitative estimate of drug-likeness (QED) is 0.803. The summed E-state index contributed by atoms with van der Waals surface area (Å²) < 4.78 is 15.4. The standard InChI is InChI=1S/C15H14ClFN4/c1-10(11-5-6-12(16)13(17)8-11)18-9-15-20-19-14-4-2-3-7-21(14)15/h2-8,10,18H,9H2,1H3. The lowest BCUT2D eigenvalue weighted by atomic mass is 10.1. The average Bonchev–Trinajstić information content (AvgIpc) is 2.91. The zero-order valence-electron chi connectivity index (χ0n) is 11.4. The maximum Gasteiger partial charge on any atom is 0.160 e. The molecule has 108 valence electrons. The lowest BCUT2D eigenvalue weighted by Gasteiger charge is -2.14. The Morgan fingerprint density at radius 3 is 2.95 bits per heavy atom. The van der Waals surface area contributed by atoms with E-state index in [0.29, 0.717) is 6.54 Å². The molecule has 1 unspecified atom stereocenters. The van der Waals surface area contributed by atoms with E-state index in [1.807, 2.05) is 41.8 Å². The van der Waals surface area contributed by atoms with E-state index >= 15 is 0 Å². The molecule has 1 aromatic carbocycles. The molecule has 0 aliphatic heterocycles. The second-order valence-electron chi connectivity index (χ2n) is 4.82. The minimum atomic E-state index is -0.407. The molecule has 0 fully saturated rings. The van der Waals surface area contributed by atoms with Crippen molar-refractivity contribution >= 4 is 17.2 Å². The van der Waals surface area contributed by atoms with E-state index in [1.54, 1.807) is 6.07 Å². The number of benzene rings is 1. The van der Waals surface area contributed by atoms with Gasteiger partial charge in [-0.15, -0.1) is 10.2 Å². The molecule has 3 rings (SSSR count). The summed E-state index contributed by atoms with van der Waals surface area (Å²) in [7, 11) is 0. The summed E-state index contributed by atoms with van der Waals surface area (Å²) in [5.41, 5.74) is 1.64. The fourth-order valence-corrected chi connectivity index (χ4v) is 2.27. The van der Waals surface area contributed by atoms with Crippen molar-refractivity contribution in [1.29, 1.82) is 0 Å². The van der Waals surface area contributed by atoms with Crippen LogP contribution in [0, 0.1) is 5.82 Å². The molecule has 1 N–H and O–H groups in total. The summed E-state index contributed by atoms with van der Waals surface area (Å²) in [6, 6.07) is 10.5. The third kappa shape index (κ3) is 2.89. The predicted octanol–water partition coefficient (Wildman–Crippen LogP) is 3.37. The molecule has 0 amide bonds. The fraction of sp³-hybridized carbons (Fsp3) is 0.200. The average molecular weight is 305 g/mol. The Kier molecular flexibility index (Phi) is 3.86. The fourth-order valence-electron chi connectivity index (χ4n) is 2.16. The second kappa shape index (κ2) is 5.79. The highest BCUT2D eigenvalue weighted by Gasteiger charge is 2.10.